The Morgan fingerprint density at radius 2 is 0.750 bits per heavy atom. The van der Waals surface area contributed by atoms with E-state index in [-0.39, 0.29) is 40.2 Å². The van der Waals surface area contributed by atoms with Gasteiger partial charge in [0.1, 0.15) is 0 Å². The van der Waals surface area contributed by atoms with Gasteiger partial charge in [-0.3, -0.25) is 9.97 Å². The van der Waals surface area contributed by atoms with Gasteiger partial charge in [0, 0.05) is 34.6 Å². The summed E-state index contributed by atoms with van der Waals surface area (Å²) in [6.07, 6.45) is 12.5. The van der Waals surface area contributed by atoms with Crippen molar-refractivity contribution in [2.75, 3.05) is 23.9 Å². The van der Waals surface area contributed by atoms with Gasteiger partial charge in [0.15, 0.2) is 0 Å². The first-order valence-electron chi connectivity index (χ1n) is 34.2. The molecule has 0 atom stereocenters. The van der Waals surface area contributed by atoms with Crippen LogP contribution in [-0.4, -0.2) is 42.7 Å². The quantitative estimate of drug-likeness (QED) is 0.0858. The molecule has 16 aromatic rings. The summed E-state index contributed by atoms with van der Waals surface area (Å²) in [7, 11) is 4.00. The maximum Gasteiger partial charge on any atom is 3.00 e. The second-order valence-electron chi connectivity index (χ2n) is 27.0. The maximum atomic E-state index is 5.32. The molecule has 4 aromatic heterocycles. The summed E-state index contributed by atoms with van der Waals surface area (Å²) in [5.74, 6) is 1.65. The molecular weight excluding hydrogens is 1580 g/mol. The SMILES string of the molecule is CC(C)c1cccc(C(C)C)c1-c1cn2c3ccc4cc5ccccc5cc4c3c3ccc[c-]c3c2n1.CC(C)c1cccc(C(C)C)c1-c1cn2c3ccc4ccc5ccccc5c4c3c3ccc[c-]c3c2n1.CN1C=CN(c2[c-]cccc2)[CH-]1.CN1C=CN(c2[c-]cccc2)[CH-]1.[Ir+3].[Ir+3]. The molecule has 18 rings (SSSR count). The molecule has 2 aliphatic heterocycles. The zero-order chi connectivity index (χ0) is 67.3. The Kier molecular flexibility index (Phi) is 20.0. The third kappa shape index (κ3) is 13.0. The van der Waals surface area contributed by atoms with Crippen LogP contribution in [0.4, 0.5) is 11.4 Å². The van der Waals surface area contributed by atoms with Gasteiger partial charge >= 0.3 is 40.2 Å². The van der Waals surface area contributed by atoms with E-state index in [1.54, 1.807) is 0 Å². The number of para-hydroxylation sites is 2. The van der Waals surface area contributed by atoms with E-state index in [2.05, 4.69) is 259 Å². The Hall–Kier alpha value is -9.92. The fourth-order valence-corrected chi connectivity index (χ4v) is 14.4. The van der Waals surface area contributed by atoms with Crippen LogP contribution in [0.2, 0.25) is 0 Å². The smallest absolute Gasteiger partial charge is 0.510 e. The molecule has 0 N–H and O–H groups in total. The Balaban J connectivity index is 0.000000133. The van der Waals surface area contributed by atoms with Crippen LogP contribution >= 0.6 is 0 Å². The van der Waals surface area contributed by atoms with Crippen molar-refractivity contribution >= 4 is 109 Å². The van der Waals surface area contributed by atoms with Gasteiger partial charge in [-0.2, -0.15) is 74.0 Å². The van der Waals surface area contributed by atoms with Gasteiger partial charge < -0.3 is 28.4 Å². The molecule has 0 amide bonds. The van der Waals surface area contributed by atoms with Crippen molar-refractivity contribution in [3.63, 3.8) is 0 Å². The van der Waals surface area contributed by atoms with Crippen LogP contribution < -0.4 is 9.80 Å². The van der Waals surface area contributed by atoms with Gasteiger partial charge in [-0.25, -0.2) is 0 Å². The Morgan fingerprint density at radius 1 is 0.340 bits per heavy atom. The molecule has 0 fully saturated rings. The summed E-state index contributed by atoms with van der Waals surface area (Å²) < 4.78 is 4.59. The summed E-state index contributed by atoms with van der Waals surface area (Å²) in [6, 6.07) is 90.7. The number of benzene rings is 12. The zero-order valence-electron chi connectivity index (χ0n) is 58.0. The summed E-state index contributed by atoms with van der Waals surface area (Å²) in [5.41, 5.74) is 16.5. The van der Waals surface area contributed by atoms with Gasteiger partial charge in [-0.05, 0) is 163 Å². The first-order valence-corrected chi connectivity index (χ1v) is 34.2. The topological polar surface area (TPSA) is 47.6 Å². The third-order valence-electron chi connectivity index (χ3n) is 19.1. The molecule has 0 unspecified atom stereocenters. The third-order valence-corrected chi connectivity index (χ3v) is 19.1. The fourth-order valence-electron chi connectivity index (χ4n) is 14.4. The molecule has 0 radical (unpaired) electrons. The van der Waals surface area contributed by atoms with Crippen molar-refractivity contribution in [2.45, 2.75) is 79.1 Å². The predicted molar refractivity (Wildman–Crippen MR) is 413 cm³/mol. The monoisotopic (exact) mass is 1660 g/mol. The summed E-state index contributed by atoms with van der Waals surface area (Å²) in [4.78, 5) is 18.7. The summed E-state index contributed by atoms with van der Waals surface area (Å²) >= 11 is 0. The van der Waals surface area contributed by atoms with Crippen molar-refractivity contribution in [2.24, 2.45) is 0 Å². The molecule has 10 heteroatoms. The van der Waals surface area contributed by atoms with Gasteiger partial charge in [-0.1, -0.05) is 175 Å². The molecule has 0 bridgehead atoms. The molecule has 0 saturated carbocycles. The average molecular weight is 1660 g/mol. The van der Waals surface area contributed by atoms with Gasteiger partial charge in [0.05, 0.1) is 22.7 Å². The Bertz CT molecular complexity index is 5610. The van der Waals surface area contributed by atoms with Crippen LogP contribution in [-0.2, 0) is 40.2 Å². The van der Waals surface area contributed by atoms with E-state index in [0.717, 1.165) is 44.8 Å². The van der Waals surface area contributed by atoms with E-state index in [0.29, 0.717) is 23.7 Å². The number of hydrogen-bond donors (Lipinski definition) is 0. The Morgan fingerprint density at radius 3 is 1.22 bits per heavy atom. The van der Waals surface area contributed by atoms with E-state index in [9.17, 15) is 0 Å². The molecule has 0 aliphatic carbocycles. The van der Waals surface area contributed by atoms with E-state index in [1.165, 1.54) is 109 Å². The molecule has 496 valence electrons. The molecule has 2 aliphatic rings. The van der Waals surface area contributed by atoms with Gasteiger partial charge in [0.2, 0.25) is 0 Å². The second-order valence-corrected chi connectivity index (χ2v) is 27.0. The minimum absolute atomic E-state index is 0. The first-order chi connectivity index (χ1) is 47.8. The number of fused-ring (bicyclic) bond motifs is 19. The van der Waals surface area contributed by atoms with Crippen LogP contribution in [0.1, 0.15) is 101 Å². The molecule has 8 nitrogen and oxygen atoms in total. The molecular formula is C90H78Ir2N8. The van der Waals surface area contributed by atoms with E-state index in [1.807, 2.05) is 132 Å². The molecule has 12 aromatic carbocycles. The van der Waals surface area contributed by atoms with Gasteiger partial charge in [0.25, 0.3) is 0 Å². The number of imidazole rings is 2. The standard InChI is InChI=1S/2C35H29N2.2C10H10N2.2Ir/c1-21(2)26-14-9-15-27(22(3)4)33(26)31-20-37-32-17-16-25-18-23-10-5-6-11-24(23)19-30(25)34(32)28-12-7-8-13-29(28)35(37)36-31;1-21(2)25-14-9-15-26(22(3)4)33(25)30-20-37-31-19-18-24-17-16-23-10-5-6-11-27(23)32(24)34(31)28-12-7-8-13-29(28)35(37)36-30;2*1-11-7-8-12(9-11)10-5-3-2-4-6-10;;/h2*5-12,14-22H,1-4H3;2*2-5,7-9H,1H3;;/q2*-1;2*-2;2*+3. The van der Waals surface area contributed by atoms with Crippen LogP contribution in [0.25, 0.3) is 120 Å². The molecule has 100 heavy (non-hydrogen) atoms. The fraction of sp³-hybridized carbons (Fsp3) is 0.156. The number of rotatable bonds is 8. The zero-order valence-corrected chi connectivity index (χ0v) is 62.7. The normalized spacial score (nSPS) is 12.9. The Labute approximate surface area is 614 Å². The first kappa shape index (κ1) is 68.6. The number of anilines is 2. The van der Waals surface area contributed by atoms with Crippen LogP contribution in [0.15, 0.2) is 256 Å². The van der Waals surface area contributed by atoms with Gasteiger partial charge in [-0.15, -0.1) is 70.7 Å². The largest absolute Gasteiger partial charge is 3.00 e. The van der Waals surface area contributed by atoms with Crippen molar-refractivity contribution in [3.8, 4) is 22.5 Å². The minimum Gasteiger partial charge on any atom is -0.510 e. The minimum atomic E-state index is 0. The molecule has 6 heterocycles. The second kappa shape index (κ2) is 29.1. The maximum absolute atomic E-state index is 5.32. The van der Waals surface area contributed by atoms with Crippen LogP contribution in [0.3, 0.4) is 0 Å². The van der Waals surface area contributed by atoms with Crippen molar-refractivity contribution < 1.29 is 40.2 Å². The van der Waals surface area contributed by atoms with Crippen molar-refractivity contribution in [1.29, 1.82) is 0 Å². The number of nitrogens with zero attached hydrogens (tertiary/aromatic N) is 8. The number of aromatic nitrogens is 4. The van der Waals surface area contributed by atoms with Crippen LogP contribution in [0.5, 0.6) is 0 Å². The van der Waals surface area contributed by atoms with Crippen molar-refractivity contribution in [1.82, 2.24) is 28.6 Å². The number of pyridine rings is 2. The predicted octanol–water partition coefficient (Wildman–Crippen LogP) is 23.0. The summed E-state index contributed by atoms with van der Waals surface area (Å²) in [5, 5.41) is 17.2. The molecule has 0 spiro atoms. The number of hydrogen-bond acceptors (Lipinski definition) is 6. The van der Waals surface area contributed by atoms with E-state index in [4.69, 9.17) is 9.97 Å². The van der Waals surface area contributed by atoms with E-state index < -0.39 is 0 Å². The van der Waals surface area contributed by atoms with Crippen molar-refractivity contribution in [3.05, 3.63) is 315 Å². The average Bonchev–Trinajstić information content (AvgIpc) is 1.39. The molecule has 0 saturated heterocycles. The van der Waals surface area contributed by atoms with Crippen LogP contribution in [0, 0.1) is 37.6 Å². The van der Waals surface area contributed by atoms with E-state index >= 15 is 0 Å². The summed E-state index contributed by atoms with van der Waals surface area (Å²) in [6.45, 7) is 22.2.